The molecule has 0 N–H and O–H groups in total. The first-order valence-corrected chi connectivity index (χ1v) is 9.07. The summed E-state index contributed by atoms with van der Waals surface area (Å²) < 4.78 is 29.1. The lowest BCUT2D eigenvalue weighted by atomic mass is 10.2. The molecule has 0 radical (unpaired) electrons. The van der Waals surface area contributed by atoms with Gasteiger partial charge in [-0.25, -0.2) is 8.42 Å². The Bertz CT molecular complexity index is 614. The molecule has 0 spiro atoms. The Kier molecular flexibility index (Phi) is 4.97. The molecular weight excluding hydrogens is 312 g/mol. The molecule has 2 heterocycles. The molecule has 0 aromatic carbocycles. The van der Waals surface area contributed by atoms with Gasteiger partial charge in [-0.1, -0.05) is 0 Å². The molecule has 1 fully saturated rings. The van der Waals surface area contributed by atoms with Crippen LogP contribution in [0.3, 0.4) is 0 Å². The lowest BCUT2D eigenvalue weighted by Gasteiger charge is -2.36. The predicted molar refractivity (Wildman–Crippen MR) is 83.3 cm³/mol. The predicted octanol–water partition coefficient (Wildman–Crippen LogP) is 1.06. The van der Waals surface area contributed by atoms with Crippen LogP contribution in [0.15, 0.2) is 4.90 Å². The molecule has 1 aromatic rings. The summed E-state index contributed by atoms with van der Waals surface area (Å²) in [4.78, 5) is 2.51. The van der Waals surface area contributed by atoms with E-state index in [0.29, 0.717) is 41.8 Å². The molecule has 21 heavy (non-hydrogen) atoms. The number of halogens is 1. The van der Waals surface area contributed by atoms with Crippen molar-refractivity contribution in [1.29, 1.82) is 0 Å². The highest BCUT2D eigenvalue weighted by Gasteiger charge is 2.34. The van der Waals surface area contributed by atoms with Crippen LogP contribution in [-0.2, 0) is 16.6 Å². The fraction of sp³-hybridized carbons (Fsp3) is 0.769. The molecule has 1 aliphatic heterocycles. The average molecular weight is 335 g/mol. The van der Waals surface area contributed by atoms with Crippen LogP contribution in [0.2, 0.25) is 0 Å². The highest BCUT2D eigenvalue weighted by Crippen LogP contribution is 2.25. The van der Waals surface area contributed by atoms with Crippen LogP contribution in [0.25, 0.3) is 0 Å². The summed E-state index contributed by atoms with van der Waals surface area (Å²) in [5, 5.41) is 4.31. The number of alkyl halides is 1. The number of aryl methyl sites for hydroxylation is 2. The third-order valence-electron chi connectivity index (χ3n) is 4.13. The SMILES string of the molecule is Cc1nn(CCCl)c(C)c1S(=O)(=O)N1CCN(C)C(C)C1. The van der Waals surface area contributed by atoms with Crippen molar-refractivity contribution in [2.75, 3.05) is 32.6 Å². The van der Waals surface area contributed by atoms with Gasteiger partial charge < -0.3 is 4.90 Å². The monoisotopic (exact) mass is 334 g/mol. The zero-order valence-electron chi connectivity index (χ0n) is 13.0. The lowest BCUT2D eigenvalue weighted by molar-refractivity contribution is 0.159. The van der Waals surface area contributed by atoms with E-state index >= 15 is 0 Å². The van der Waals surface area contributed by atoms with Gasteiger partial charge in [-0.15, -0.1) is 11.6 Å². The molecule has 2 rings (SSSR count). The van der Waals surface area contributed by atoms with Gasteiger partial charge in [0, 0.05) is 31.6 Å². The standard InChI is InChI=1S/C13H23ClN4O2S/c1-10-9-17(8-7-16(10)4)21(19,20)13-11(2)15-18(6-5-14)12(13)3/h10H,5-9H2,1-4H3. The molecule has 8 heteroatoms. The third-order valence-corrected chi connectivity index (χ3v) is 6.42. The minimum atomic E-state index is -3.50. The van der Waals surface area contributed by atoms with Gasteiger partial charge in [-0.2, -0.15) is 9.40 Å². The van der Waals surface area contributed by atoms with E-state index in [0.717, 1.165) is 6.54 Å². The van der Waals surface area contributed by atoms with Gasteiger partial charge in [0.25, 0.3) is 0 Å². The van der Waals surface area contributed by atoms with E-state index in [-0.39, 0.29) is 6.04 Å². The zero-order chi connectivity index (χ0) is 15.8. The molecule has 1 aliphatic rings. The van der Waals surface area contributed by atoms with Gasteiger partial charge >= 0.3 is 0 Å². The highest BCUT2D eigenvalue weighted by atomic mass is 35.5. The maximum Gasteiger partial charge on any atom is 0.246 e. The molecular formula is C13H23ClN4O2S. The van der Waals surface area contributed by atoms with Gasteiger partial charge in [0.05, 0.1) is 17.9 Å². The van der Waals surface area contributed by atoms with Crippen LogP contribution in [0.4, 0.5) is 0 Å². The molecule has 0 aliphatic carbocycles. The van der Waals surface area contributed by atoms with Crippen LogP contribution >= 0.6 is 11.6 Å². The second-order valence-electron chi connectivity index (χ2n) is 5.60. The Morgan fingerprint density at radius 2 is 2.00 bits per heavy atom. The molecule has 1 unspecified atom stereocenters. The summed E-state index contributed by atoms with van der Waals surface area (Å²) in [6.45, 7) is 7.86. The molecule has 0 bridgehead atoms. The smallest absolute Gasteiger partial charge is 0.246 e. The number of aromatic nitrogens is 2. The largest absolute Gasteiger partial charge is 0.301 e. The molecule has 0 amide bonds. The first kappa shape index (κ1) is 16.7. The molecule has 0 saturated carbocycles. The number of sulfonamides is 1. The second kappa shape index (κ2) is 6.24. The van der Waals surface area contributed by atoms with Crippen molar-refractivity contribution in [3.05, 3.63) is 11.4 Å². The Labute approximate surface area is 131 Å². The second-order valence-corrected chi connectivity index (χ2v) is 7.86. The van der Waals surface area contributed by atoms with Crippen molar-refractivity contribution in [2.24, 2.45) is 0 Å². The first-order valence-electron chi connectivity index (χ1n) is 7.09. The van der Waals surface area contributed by atoms with Gasteiger partial charge in [-0.05, 0) is 27.8 Å². The average Bonchev–Trinajstić information content (AvgIpc) is 2.68. The Balaban J connectivity index is 2.36. The van der Waals surface area contributed by atoms with Crippen molar-refractivity contribution in [1.82, 2.24) is 19.0 Å². The van der Waals surface area contributed by atoms with Crippen LogP contribution in [0, 0.1) is 13.8 Å². The summed E-state index contributed by atoms with van der Waals surface area (Å²) in [6.07, 6.45) is 0. The van der Waals surface area contributed by atoms with Crippen molar-refractivity contribution in [2.45, 2.75) is 38.3 Å². The van der Waals surface area contributed by atoms with E-state index < -0.39 is 10.0 Å². The topological polar surface area (TPSA) is 58.4 Å². The fourth-order valence-corrected chi connectivity index (χ4v) is 4.76. The Morgan fingerprint density at radius 3 is 2.57 bits per heavy atom. The van der Waals surface area contributed by atoms with Crippen LogP contribution in [-0.4, -0.2) is 66.0 Å². The van der Waals surface area contributed by atoms with Crippen molar-refractivity contribution < 1.29 is 8.42 Å². The number of nitrogens with zero attached hydrogens (tertiary/aromatic N) is 4. The number of piperazine rings is 1. The Hall–Kier alpha value is -0.630. The highest BCUT2D eigenvalue weighted by molar-refractivity contribution is 7.89. The molecule has 1 saturated heterocycles. The zero-order valence-corrected chi connectivity index (χ0v) is 14.6. The van der Waals surface area contributed by atoms with E-state index in [2.05, 4.69) is 10.00 Å². The van der Waals surface area contributed by atoms with Crippen molar-refractivity contribution >= 4 is 21.6 Å². The molecule has 120 valence electrons. The number of rotatable bonds is 4. The normalized spacial score (nSPS) is 21.9. The van der Waals surface area contributed by atoms with Gasteiger partial charge in [-0.3, -0.25) is 4.68 Å². The van der Waals surface area contributed by atoms with Gasteiger partial charge in [0.1, 0.15) is 4.90 Å². The minimum Gasteiger partial charge on any atom is -0.301 e. The van der Waals surface area contributed by atoms with E-state index in [1.165, 1.54) is 0 Å². The maximum atomic E-state index is 12.9. The summed E-state index contributed by atoms with van der Waals surface area (Å²) in [6, 6.07) is 0.215. The van der Waals surface area contributed by atoms with Crippen LogP contribution in [0.5, 0.6) is 0 Å². The first-order chi connectivity index (χ1) is 9.78. The lowest BCUT2D eigenvalue weighted by Crippen LogP contribution is -2.52. The summed E-state index contributed by atoms with van der Waals surface area (Å²) in [7, 11) is -1.48. The van der Waals surface area contributed by atoms with Crippen molar-refractivity contribution in [3.8, 4) is 0 Å². The van der Waals surface area contributed by atoms with E-state index in [4.69, 9.17) is 11.6 Å². The maximum absolute atomic E-state index is 12.9. The quantitative estimate of drug-likeness (QED) is 0.773. The van der Waals surface area contributed by atoms with E-state index in [1.54, 1.807) is 22.8 Å². The number of hydrogen-bond donors (Lipinski definition) is 0. The van der Waals surface area contributed by atoms with E-state index in [9.17, 15) is 8.42 Å². The summed E-state index contributed by atoms with van der Waals surface area (Å²) in [5.41, 5.74) is 1.21. The fourth-order valence-electron chi connectivity index (χ4n) is 2.71. The van der Waals surface area contributed by atoms with Crippen LogP contribution < -0.4 is 0 Å². The number of likely N-dealkylation sites (N-methyl/N-ethyl adjacent to an activating group) is 1. The van der Waals surface area contributed by atoms with Gasteiger partial charge in [0.2, 0.25) is 10.0 Å². The molecule has 6 nitrogen and oxygen atoms in total. The minimum absolute atomic E-state index is 0.215. The summed E-state index contributed by atoms with van der Waals surface area (Å²) >= 11 is 5.74. The van der Waals surface area contributed by atoms with Gasteiger partial charge in [0.15, 0.2) is 0 Å². The number of hydrogen-bond acceptors (Lipinski definition) is 4. The Morgan fingerprint density at radius 1 is 1.33 bits per heavy atom. The summed E-state index contributed by atoms with van der Waals surface area (Å²) in [5.74, 6) is 0.410. The molecule has 1 aromatic heterocycles. The van der Waals surface area contributed by atoms with E-state index in [1.807, 2.05) is 14.0 Å². The van der Waals surface area contributed by atoms with Crippen LogP contribution in [0.1, 0.15) is 18.3 Å². The molecule has 1 atom stereocenters. The van der Waals surface area contributed by atoms with Crippen molar-refractivity contribution in [3.63, 3.8) is 0 Å². The third kappa shape index (κ3) is 3.11.